The molecule has 52 heavy (non-hydrogen) atoms. The van der Waals surface area contributed by atoms with Gasteiger partial charge in [0.1, 0.15) is 73.2 Å². The number of aliphatic carboxylic acids is 4. The fourth-order valence-corrected chi connectivity index (χ4v) is 3.88. The summed E-state index contributed by atoms with van der Waals surface area (Å²) in [7, 11) is 0. The normalized spacial score (nSPS) is 31.0. The zero-order valence-corrected chi connectivity index (χ0v) is 27.2. The molecule has 0 aliphatic carbocycles. The van der Waals surface area contributed by atoms with Crippen LogP contribution >= 0.6 is 0 Å². The minimum absolute atomic E-state index is 0.667. The van der Waals surface area contributed by atoms with Gasteiger partial charge in [0.05, 0.1) is 39.3 Å². The zero-order chi connectivity index (χ0) is 41.3. The Morgan fingerprint density at radius 3 is 1.10 bits per heavy atom. The molecule has 0 aromatic carbocycles. The van der Waals surface area contributed by atoms with Crippen molar-refractivity contribution < 1.29 is 130 Å². The lowest BCUT2D eigenvalue weighted by molar-refractivity contribution is -0.376. The van der Waals surface area contributed by atoms with Gasteiger partial charge in [0, 0.05) is 6.92 Å². The van der Waals surface area contributed by atoms with E-state index in [-0.39, 0.29) is 0 Å². The molecule has 2 saturated heterocycles. The predicted octanol–water partition coefficient (Wildman–Crippen LogP) is -10.1. The van der Waals surface area contributed by atoms with E-state index in [0.29, 0.717) is 0 Å². The highest BCUT2D eigenvalue weighted by molar-refractivity contribution is 5.88. The van der Waals surface area contributed by atoms with Crippen LogP contribution in [0.1, 0.15) is 19.8 Å². The molecule has 2 heterocycles. The molecule has 2 aliphatic heterocycles. The van der Waals surface area contributed by atoms with Crippen molar-refractivity contribution in [3.63, 3.8) is 0 Å². The highest BCUT2D eigenvalue weighted by Crippen LogP contribution is 2.28. The fourth-order valence-electron chi connectivity index (χ4n) is 3.88. The van der Waals surface area contributed by atoms with E-state index in [1.54, 1.807) is 0 Å². The van der Waals surface area contributed by atoms with E-state index in [9.17, 15) is 45.0 Å². The van der Waals surface area contributed by atoms with Gasteiger partial charge in [-0.25, -0.2) is 4.79 Å². The summed E-state index contributed by atoms with van der Waals surface area (Å²) in [6, 6.07) is 0. The van der Waals surface area contributed by atoms with Gasteiger partial charge in [-0.15, -0.1) is 0 Å². The van der Waals surface area contributed by atoms with E-state index >= 15 is 0 Å². The van der Waals surface area contributed by atoms with Gasteiger partial charge >= 0.3 is 17.9 Å². The maximum absolute atomic E-state index is 10.3. The Hall–Kier alpha value is -2.84. The number of aliphatic hydroxyl groups excluding tert-OH is 14. The Balaban J connectivity index is 0. The number of carboxylic acid groups (broad SMARTS) is 4. The second-order valence-electron chi connectivity index (χ2n) is 11.0. The quantitative estimate of drug-likeness (QED) is 0.0778. The van der Waals surface area contributed by atoms with Gasteiger partial charge in [-0.3, -0.25) is 14.4 Å². The standard InChI is InChI=1S/C12H22O11.C6H8O7.C6H14O6.C2H4O2/c13-1-3-5(15)7(17)9(19)11(21-3)23-12-10(20)8(18)6(16)4(2-14)22-12;7-3(8)1-6(13,5(11)12)2-4(9)10;7-1-3(9)5(11)6(12)4(10)2-8;1-2(3)4/h3-20H,1-2H2;13H,1-2H2,(H,7,8)(H,9,10)(H,11,12);3-12H,1-2H2;1H3,(H,3,4)/t3-,4-,5-,6-,7+,8+,9-,10-,11-,12-;;3-,4+,5-,6-;/m1.1./s1. The van der Waals surface area contributed by atoms with Crippen molar-refractivity contribution in [2.24, 2.45) is 0 Å². The first kappa shape index (κ1) is 51.3. The number of hydrogen-bond donors (Lipinski definition) is 19. The van der Waals surface area contributed by atoms with Crippen LogP contribution in [0.5, 0.6) is 0 Å². The summed E-state index contributed by atoms with van der Waals surface area (Å²) in [5.74, 6) is -5.85. The molecule has 0 radical (unpaired) electrons. The lowest BCUT2D eigenvalue weighted by Gasteiger charge is -2.44. The van der Waals surface area contributed by atoms with Crippen molar-refractivity contribution in [3.8, 4) is 0 Å². The molecule has 0 aromatic rings. The summed E-state index contributed by atoms with van der Waals surface area (Å²) < 4.78 is 15.3. The van der Waals surface area contributed by atoms with Crippen LogP contribution in [0.25, 0.3) is 0 Å². The van der Waals surface area contributed by atoms with Gasteiger partial charge in [0.2, 0.25) is 0 Å². The summed E-state index contributed by atoms with van der Waals surface area (Å²) in [4.78, 5) is 39.5. The molecule has 0 saturated carbocycles. The summed E-state index contributed by atoms with van der Waals surface area (Å²) in [6.45, 7) is -1.70. The van der Waals surface area contributed by atoms with Gasteiger partial charge in [-0.05, 0) is 0 Å². The van der Waals surface area contributed by atoms with Crippen molar-refractivity contribution >= 4 is 23.9 Å². The van der Waals surface area contributed by atoms with Gasteiger partial charge in [-0.1, -0.05) is 0 Å². The topological polar surface area (TPSA) is 480 Å². The SMILES string of the molecule is CC(=O)O.O=C(O)CC(O)(CC(=O)O)C(=O)O.OC[C@@H](O)[C@@H](O)[C@H](O)[C@@H](O)CO.OC[C@H]1O[C@H](O[C@H]2O[C@H](CO)[C@@H](O)[C@H](O)[C@H]2O)[C@H](O)[C@@H](O)[C@@H]1O. The fraction of sp³-hybridized carbons (Fsp3) is 0.846. The van der Waals surface area contributed by atoms with Crippen molar-refractivity contribution in [2.45, 2.75) is 111 Å². The van der Waals surface area contributed by atoms with Gasteiger partial charge in [-0.2, -0.15) is 0 Å². The van der Waals surface area contributed by atoms with E-state index in [0.717, 1.165) is 6.92 Å². The van der Waals surface area contributed by atoms with Crippen LogP contribution in [-0.2, 0) is 33.4 Å². The van der Waals surface area contributed by atoms with Crippen molar-refractivity contribution in [1.82, 2.24) is 0 Å². The molecular formula is C26H48O26. The number of rotatable bonds is 14. The average molecular weight is 777 g/mol. The number of carboxylic acids is 4. The molecule has 0 unspecified atom stereocenters. The first-order valence-electron chi connectivity index (χ1n) is 14.7. The predicted molar refractivity (Wildman–Crippen MR) is 157 cm³/mol. The third kappa shape index (κ3) is 16.9. The molecule has 0 amide bonds. The summed E-state index contributed by atoms with van der Waals surface area (Å²) in [6.07, 6.45) is -24.3. The molecule has 2 fully saturated rings. The third-order valence-electron chi connectivity index (χ3n) is 6.76. The van der Waals surface area contributed by atoms with Crippen LogP contribution in [0.4, 0.5) is 0 Å². The molecule has 14 atom stereocenters. The molecule has 0 spiro atoms. The minimum atomic E-state index is -2.74. The summed E-state index contributed by atoms with van der Waals surface area (Å²) in [5.41, 5.74) is -2.74. The Labute approximate surface area is 292 Å². The van der Waals surface area contributed by atoms with E-state index < -0.39 is 155 Å². The summed E-state index contributed by atoms with van der Waals surface area (Å²) in [5, 5.41) is 170. The minimum Gasteiger partial charge on any atom is -0.481 e. The number of aliphatic hydroxyl groups is 15. The lowest BCUT2D eigenvalue weighted by atomic mass is 9.96. The first-order valence-corrected chi connectivity index (χ1v) is 14.7. The Morgan fingerprint density at radius 1 is 0.596 bits per heavy atom. The lowest BCUT2D eigenvalue weighted by Crippen LogP contribution is -2.63. The van der Waals surface area contributed by atoms with Gasteiger partial charge in [0.25, 0.3) is 5.97 Å². The van der Waals surface area contributed by atoms with E-state index in [1.807, 2.05) is 0 Å². The number of hydrogen-bond acceptors (Lipinski definition) is 22. The highest BCUT2D eigenvalue weighted by atomic mass is 16.8. The van der Waals surface area contributed by atoms with Crippen LogP contribution in [0.3, 0.4) is 0 Å². The first-order chi connectivity index (χ1) is 23.9. The van der Waals surface area contributed by atoms with E-state index in [4.69, 9.17) is 85.4 Å². The number of ether oxygens (including phenoxy) is 3. The van der Waals surface area contributed by atoms with E-state index in [1.165, 1.54) is 0 Å². The Morgan fingerprint density at radius 2 is 0.885 bits per heavy atom. The maximum Gasteiger partial charge on any atom is 0.336 e. The highest BCUT2D eigenvalue weighted by Gasteiger charge is 2.49. The second-order valence-corrected chi connectivity index (χ2v) is 11.0. The molecular weight excluding hydrogens is 728 g/mol. The molecule has 2 aliphatic rings. The molecule has 308 valence electrons. The van der Waals surface area contributed by atoms with E-state index in [2.05, 4.69) is 0 Å². The summed E-state index contributed by atoms with van der Waals surface area (Å²) >= 11 is 0. The third-order valence-corrected chi connectivity index (χ3v) is 6.76. The monoisotopic (exact) mass is 776 g/mol. The molecule has 19 N–H and O–H groups in total. The van der Waals surface area contributed by atoms with Crippen LogP contribution < -0.4 is 0 Å². The van der Waals surface area contributed by atoms with Gasteiger partial charge in [0.15, 0.2) is 18.2 Å². The zero-order valence-electron chi connectivity index (χ0n) is 27.2. The van der Waals surface area contributed by atoms with Crippen LogP contribution in [0.15, 0.2) is 0 Å². The van der Waals surface area contributed by atoms with Crippen LogP contribution in [0, 0.1) is 0 Å². The molecule has 0 bridgehead atoms. The Bertz CT molecular complexity index is 989. The van der Waals surface area contributed by atoms with Gasteiger partial charge < -0.3 is 111 Å². The van der Waals surface area contributed by atoms with Crippen molar-refractivity contribution in [3.05, 3.63) is 0 Å². The Kier molecular flexibility index (Phi) is 24.1. The largest absolute Gasteiger partial charge is 0.481 e. The smallest absolute Gasteiger partial charge is 0.336 e. The van der Waals surface area contributed by atoms with Crippen LogP contribution in [0.2, 0.25) is 0 Å². The molecule has 0 aromatic heterocycles. The average Bonchev–Trinajstić information content (AvgIpc) is 3.06. The van der Waals surface area contributed by atoms with Crippen LogP contribution in [-0.4, -0.2) is 239 Å². The molecule has 26 nitrogen and oxygen atoms in total. The number of carbonyl (C=O) groups is 4. The second kappa shape index (κ2) is 24.5. The molecule has 2 rings (SSSR count). The maximum atomic E-state index is 10.3. The molecule has 26 heteroatoms. The van der Waals surface area contributed by atoms with Crippen molar-refractivity contribution in [1.29, 1.82) is 0 Å². The van der Waals surface area contributed by atoms with Crippen molar-refractivity contribution in [2.75, 3.05) is 26.4 Å².